The number of benzene rings is 1. The third-order valence-electron chi connectivity index (χ3n) is 2.00. The Bertz CT molecular complexity index is 519. The van der Waals surface area contributed by atoms with E-state index in [2.05, 4.69) is 4.98 Å². The van der Waals surface area contributed by atoms with E-state index in [1.54, 1.807) is 6.07 Å². The van der Waals surface area contributed by atoms with Crippen LogP contribution in [0.1, 0.15) is 5.69 Å². The SMILES string of the molecule is Cc1cc2cc(Cl)cc([N+](=O)[O-])c2[nH]1. The van der Waals surface area contributed by atoms with Crippen molar-refractivity contribution in [1.82, 2.24) is 4.98 Å². The van der Waals surface area contributed by atoms with Crippen molar-refractivity contribution in [2.24, 2.45) is 0 Å². The summed E-state index contributed by atoms with van der Waals surface area (Å²) in [4.78, 5) is 13.2. The molecule has 1 aromatic carbocycles. The van der Waals surface area contributed by atoms with Crippen LogP contribution in [0.25, 0.3) is 10.9 Å². The molecule has 2 rings (SSSR count). The average Bonchev–Trinajstić information content (AvgIpc) is 2.42. The number of aromatic nitrogens is 1. The molecular weight excluding hydrogens is 204 g/mol. The number of nitro benzene ring substituents is 1. The van der Waals surface area contributed by atoms with Crippen molar-refractivity contribution < 1.29 is 4.92 Å². The molecule has 0 spiro atoms. The zero-order valence-corrected chi connectivity index (χ0v) is 8.13. The van der Waals surface area contributed by atoms with Crippen LogP contribution in [-0.4, -0.2) is 9.91 Å². The summed E-state index contributed by atoms with van der Waals surface area (Å²) in [5.74, 6) is 0. The number of nitrogens with one attached hydrogen (secondary N) is 1. The van der Waals surface area contributed by atoms with Crippen LogP contribution in [0, 0.1) is 17.0 Å². The van der Waals surface area contributed by atoms with Crippen molar-refractivity contribution in [1.29, 1.82) is 0 Å². The molecule has 0 radical (unpaired) electrons. The number of nitro groups is 1. The molecule has 1 heterocycles. The summed E-state index contributed by atoms with van der Waals surface area (Å²) in [5.41, 5.74) is 1.42. The monoisotopic (exact) mass is 210 g/mol. The fourth-order valence-corrected chi connectivity index (χ4v) is 1.69. The number of non-ortho nitro benzene ring substituents is 1. The highest BCUT2D eigenvalue weighted by molar-refractivity contribution is 6.31. The van der Waals surface area contributed by atoms with Crippen LogP contribution < -0.4 is 0 Å². The molecule has 0 aliphatic rings. The van der Waals surface area contributed by atoms with Crippen molar-refractivity contribution in [3.05, 3.63) is 39.0 Å². The van der Waals surface area contributed by atoms with E-state index in [9.17, 15) is 10.1 Å². The molecule has 0 atom stereocenters. The molecule has 0 aliphatic carbocycles. The van der Waals surface area contributed by atoms with Gasteiger partial charge in [-0.25, -0.2) is 0 Å². The summed E-state index contributed by atoms with van der Waals surface area (Å²) in [7, 11) is 0. The summed E-state index contributed by atoms with van der Waals surface area (Å²) in [5, 5.41) is 11.8. The molecule has 0 saturated heterocycles. The van der Waals surface area contributed by atoms with Gasteiger partial charge in [-0.1, -0.05) is 11.6 Å². The minimum absolute atomic E-state index is 0.0144. The lowest BCUT2D eigenvalue weighted by molar-refractivity contribution is -0.383. The van der Waals surface area contributed by atoms with Gasteiger partial charge in [0, 0.05) is 22.2 Å². The lowest BCUT2D eigenvalue weighted by atomic mass is 10.2. The molecular formula is C9H7ClN2O2. The lowest BCUT2D eigenvalue weighted by Crippen LogP contribution is -1.89. The fourth-order valence-electron chi connectivity index (χ4n) is 1.47. The number of H-pyrrole nitrogens is 1. The number of rotatable bonds is 1. The van der Waals surface area contributed by atoms with Gasteiger partial charge in [0.05, 0.1) is 4.92 Å². The largest absolute Gasteiger partial charge is 0.353 e. The second kappa shape index (κ2) is 2.99. The molecule has 14 heavy (non-hydrogen) atoms. The molecule has 0 fully saturated rings. The van der Waals surface area contributed by atoms with Crippen LogP contribution in [0.4, 0.5) is 5.69 Å². The quantitative estimate of drug-likeness (QED) is 0.581. The van der Waals surface area contributed by atoms with E-state index in [0.717, 1.165) is 11.1 Å². The van der Waals surface area contributed by atoms with E-state index < -0.39 is 4.92 Å². The molecule has 0 unspecified atom stereocenters. The van der Waals surface area contributed by atoms with Crippen molar-refractivity contribution in [2.45, 2.75) is 6.92 Å². The van der Waals surface area contributed by atoms with Crippen molar-refractivity contribution in [2.75, 3.05) is 0 Å². The number of aromatic amines is 1. The van der Waals surface area contributed by atoms with Gasteiger partial charge in [-0.2, -0.15) is 0 Å². The molecule has 4 nitrogen and oxygen atoms in total. The Labute approximate surface area is 84.6 Å². The third kappa shape index (κ3) is 1.33. The smallest absolute Gasteiger partial charge is 0.294 e. The van der Waals surface area contributed by atoms with E-state index in [1.807, 2.05) is 13.0 Å². The van der Waals surface area contributed by atoms with E-state index in [0.29, 0.717) is 10.5 Å². The maximum absolute atomic E-state index is 10.7. The van der Waals surface area contributed by atoms with Gasteiger partial charge in [-0.3, -0.25) is 10.1 Å². The normalized spacial score (nSPS) is 10.7. The van der Waals surface area contributed by atoms with E-state index in [4.69, 9.17) is 11.6 Å². The molecule has 1 aromatic heterocycles. The van der Waals surface area contributed by atoms with Crippen LogP contribution in [0.3, 0.4) is 0 Å². The number of halogens is 1. The Morgan fingerprint density at radius 1 is 1.43 bits per heavy atom. The van der Waals surface area contributed by atoms with E-state index >= 15 is 0 Å². The van der Waals surface area contributed by atoms with Crippen LogP contribution in [0.5, 0.6) is 0 Å². The molecule has 72 valence electrons. The summed E-state index contributed by atoms with van der Waals surface area (Å²) < 4.78 is 0. The summed E-state index contributed by atoms with van der Waals surface area (Å²) in [6, 6.07) is 4.88. The Morgan fingerprint density at radius 2 is 2.14 bits per heavy atom. The third-order valence-corrected chi connectivity index (χ3v) is 2.22. The first-order valence-electron chi connectivity index (χ1n) is 4.01. The predicted molar refractivity (Wildman–Crippen MR) is 54.7 cm³/mol. The Kier molecular flexibility index (Phi) is 1.93. The molecule has 0 bridgehead atoms. The van der Waals surface area contributed by atoms with Crippen LogP contribution in [-0.2, 0) is 0 Å². The fraction of sp³-hybridized carbons (Fsp3) is 0.111. The maximum Gasteiger partial charge on any atom is 0.294 e. The van der Waals surface area contributed by atoms with Crippen LogP contribution in [0.15, 0.2) is 18.2 Å². The van der Waals surface area contributed by atoms with Gasteiger partial charge in [0.2, 0.25) is 0 Å². The van der Waals surface area contributed by atoms with Gasteiger partial charge in [-0.15, -0.1) is 0 Å². The molecule has 0 aliphatic heterocycles. The molecule has 0 amide bonds. The van der Waals surface area contributed by atoms with Gasteiger partial charge in [0.25, 0.3) is 5.69 Å². The minimum atomic E-state index is -0.440. The minimum Gasteiger partial charge on any atom is -0.353 e. The molecule has 2 aromatic rings. The van der Waals surface area contributed by atoms with Crippen molar-refractivity contribution >= 4 is 28.2 Å². The Hall–Kier alpha value is -1.55. The highest BCUT2D eigenvalue weighted by Crippen LogP contribution is 2.29. The standard InChI is InChI=1S/C9H7ClN2O2/c1-5-2-6-3-7(10)4-8(12(13)14)9(6)11-5/h2-4,11H,1H3. The van der Waals surface area contributed by atoms with Gasteiger partial charge in [0.1, 0.15) is 5.52 Å². The zero-order chi connectivity index (χ0) is 10.3. The van der Waals surface area contributed by atoms with Crippen LogP contribution >= 0.6 is 11.6 Å². The number of fused-ring (bicyclic) bond motifs is 1. The summed E-state index contributed by atoms with van der Waals surface area (Å²) in [6.45, 7) is 1.84. The van der Waals surface area contributed by atoms with Crippen molar-refractivity contribution in [3.8, 4) is 0 Å². The first kappa shape index (κ1) is 9.02. The molecule has 5 heteroatoms. The first-order valence-corrected chi connectivity index (χ1v) is 4.39. The Morgan fingerprint density at radius 3 is 2.79 bits per heavy atom. The Balaban J connectivity index is 2.85. The highest BCUT2D eigenvalue weighted by Gasteiger charge is 2.14. The summed E-state index contributed by atoms with van der Waals surface area (Å²) in [6.07, 6.45) is 0. The van der Waals surface area contributed by atoms with Crippen molar-refractivity contribution in [3.63, 3.8) is 0 Å². The number of hydrogen-bond acceptors (Lipinski definition) is 2. The average molecular weight is 211 g/mol. The second-order valence-corrected chi connectivity index (χ2v) is 3.54. The summed E-state index contributed by atoms with van der Waals surface area (Å²) >= 11 is 5.76. The molecule has 0 saturated carbocycles. The topological polar surface area (TPSA) is 58.9 Å². The van der Waals surface area contributed by atoms with Gasteiger partial charge in [0.15, 0.2) is 0 Å². The zero-order valence-electron chi connectivity index (χ0n) is 7.37. The van der Waals surface area contributed by atoms with Gasteiger partial charge in [-0.05, 0) is 19.1 Å². The van der Waals surface area contributed by atoms with E-state index in [-0.39, 0.29) is 5.69 Å². The predicted octanol–water partition coefficient (Wildman–Crippen LogP) is 3.04. The highest BCUT2D eigenvalue weighted by atomic mass is 35.5. The second-order valence-electron chi connectivity index (χ2n) is 3.10. The van der Waals surface area contributed by atoms with E-state index in [1.165, 1.54) is 6.07 Å². The number of nitrogens with zero attached hydrogens (tertiary/aromatic N) is 1. The number of hydrogen-bond donors (Lipinski definition) is 1. The molecule has 1 N–H and O–H groups in total. The maximum atomic E-state index is 10.7. The lowest BCUT2D eigenvalue weighted by Gasteiger charge is -1.94. The van der Waals surface area contributed by atoms with Crippen LogP contribution in [0.2, 0.25) is 5.02 Å². The first-order chi connectivity index (χ1) is 6.58. The van der Waals surface area contributed by atoms with Gasteiger partial charge >= 0.3 is 0 Å². The number of aryl methyl sites for hydroxylation is 1. The van der Waals surface area contributed by atoms with Gasteiger partial charge < -0.3 is 4.98 Å².